The number of pyridine rings is 1. The van der Waals surface area contributed by atoms with Gasteiger partial charge in [0.05, 0.1) is 6.20 Å². The lowest BCUT2D eigenvalue weighted by Gasteiger charge is -2.25. The second kappa shape index (κ2) is 14.9. The molecule has 1 aromatic heterocycles. The SMILES string of the molecule is CN(Cc1cc(Oc2ccc(CCCCCC(=O)OC(C)(C)C)nc2)cc(-c2cc(Cl)cc(Cl)c2)c1)C(=O)OC(C)(C)C. The highest BCUT2D eigenvalue weighted by molar-refractivity contribution is 6.35. The summed E-state index contributed by atoms with van der Waals surface area (Å²) < 4.78 is 17.1. The number of carbonyl (C=O) groups excluding carboxylic acids is 2. The summed E-state index contributed by atoms with van der Waals surface area (Å²) in [6, 6.07) is 14.9. The molecule has 232 valence electrons. The normalized spacial score (nSPS) is 11.7. The Hall–Kier alpha value is -3.29. The number of benzene rings is 2. The van der Waals surface area contributed by atoms with E-state index in [1.807, 2.05) is 84.0 Å². The Morgan fingerprint density at radius 2 is 1.44 bits per heavy atom. The summed E-state index contributed by atoms with van der Waals surface area (Å²) in [5.41, 5.74) is 2.40. The fourth-order valence-corrected chi connectivity index (χ4v) is 4.80. The van der Waals surface area contributed by atoms with Gasteiger partial charge in [0.1, 0.15) is 22.7 Å². The third kappa shape index (κ3) is 12.5. The van der Waals surface area contributed by atoms with E-state index in [1.165, 1.54) is 4.90 Å². The number of esters is 1. The average Bonchev–Trinajstić information content (AvgIpc) is 2.86. The lowest BCUT2D eigenvalue weighted by molar-refractivity contribution is -0.154. The van der Waals surface area contributed by atoms with Crippen LogP contribution in [0.4, 0.5) is 4.79 Å². The van der Waals surface area contributed by atoms with Crippen molar-refractivity contribution in [3.8, 4) is 22.6 Å². The second-order valence-electron chi connectivity index (χ2n) is 12.6. The molecule has 0 aliphatic carbocycles. The average molecular weight is 630 g/mol. The molecule has 2 aromatic carbocycles. The number of nitrogens with zero attached hydrogens (tertiary/aromatic N) is 2. The van der Waals surface area contributed by atoms with Crippen LogP contribution in [0.1, 0.15) is 78.5 Å². The molecule has 9 heteroatoms. The maximum Gasteiger partial charge on any atom is 0.410 e. The summed E-state index contributed by atoms with van der Waals surface area (Å²) >= 11 is 12.6. The van der Waals surface area contributed by atoms with Crippen LogP contribution in [0.5, 0.6) is 11.5 Å². The summed E-state index contributed by atoms with van der Waals surface area (Å²) in [5, 5.41) is 1.04. The molecule has 43 heavy (non-hydrogen) atoms. The topological polar surface area (TPSA) is 78.0 Å². The molecule has 0 unspecified atom stereocenters. The predicted octanol–water partition coefficient (Wildman–Crippen LogP) is 9.66. The quantitative estimate of drug-likeness (QED) is 0.155. The Balaban J connectivity index is 1.69. The van der Waals surface area contributed by atoms with Gasteiger partial charge in [-0.3, -0.25) is 9.78 Å². The van der Waals surface area contributed by atoms with Gasteiger partial charge in [0, 0.05) is 35.8 Å². The van der Waals surface area contributed by atoms with E-state index in [0.29, 0.717) is 34.5 Å². The molecule has 3 rings (SSSR count). The fourth-order valence-electron chi connectivity index (χ4n) is 4.28. The van der Waals surface area contributed by atoms with Crippen molar-refractivity contribution in [3.63, 3.8) is 0 Å². The van der Waals surface area contributed by atoms with Crippen LogP contribution < -0.4 is 4.74 Å². The zero-order valence-corrected chi connectivity index (χ0v) is 27.6. The monoisotopic (exact) mass is 628 g/mol. The largest absolute Gasteiger partial charge is 0.460 e. The van der Waals surface area contributed by atoms with E-state index < -0.39 is 17.3 Å². The lowest BCUT2D eigenvalue weighted by atomic mass is 10.0. The number of unbranched alkanes of at least 4 members (excludes halogenated alkanes) is 2. The summed E-state index contributed by atoms with van der Waals surface area (Å²) in [6.07, 6.45) is 5.14. The summed E-state index contributed by atoms with van der Waals surface area (Å²) in [6.45, 7) is 11.4. The van der Waals surface area contributed by atoms with Gasteiger partial charge in [0.2, 0.25) is 0 Å². The van der Waals surface area contributed by atoms with Crippen LogP contribution in [0.2, 0.25) is 10.0 Å². The number of carbonyl (C=O) groups is 2. The fraction of sp³-hybridized carbons (Fsp3) is 0.441. The van der Waals surface area contributed by atoms with Crippen LogP contribution in [0.25, 0.3) is 11.1 Å². The molecule has 7 nitrogen and oxygen atoms in total. The first-order valence-corrected chi connectivity index (χ1v) is 15.2. The first-order valence-electron chi connectivity index (χ1n) is 14.5. The lowest BCUT2D eigenvalue weighted by Crippen LogP contribution is -2.33. The molecule has 0 aliphatic heterocycles. The first kappa shape index (κ1) is 34.2. The Kier molecular flexibility index (Phi) is 11.9. The van der Waals surface area contributed by atoms with Crippen molar-refractivity contribution in [1.82, 2.24) is 9.88 Å². The molecule has 0 aliphatic rings. The van der Waals surface area contributed by atoms with E-state index >= 15 is 0 Å². The zero-order chi connectivity index (χ0) is 31.8. The molecular weight excluding hydrogens is 587 g/mol. The Bertz CT molecular complexity index is 1380. The molecule has 0 bridgehead atoms. The standard InChI is InChI=1S/C34H42Cl2N2O5/c1-33(2,3)42-31(39)12-10-8-9-11-28-13-14-29(21-37-28)41-30-16-23(22-38(7)32(40)43-34(4,5)6)15-24(19-30)25-17-26(35)20-27(36)18-25/h13-21H,8-12,22H2,1-7H3. The van der Waals surface area contributed by atoms with E-state index in [0.717, 1.165) is 48.1 Å². The van der Waals surface area contributed by atoms with Crippen LogP contribution in [0, 0.1) is 0 Å². The Labute approximate surface area is 265 Å². The first-order chi connectivity index (χ1) is 20.1. The summed E-state index contributed by atoms with van der Waals surface area (Å²) in [7, 11) is 1.69. The molecule has 0 N–H and O–H groups in total. The van der Waals surface area contributed by atoms with Gasteiger partial charge in [0.25, 0.3) is 0 Å². The van der Waals surface area contributed by atoms with Crippen molar-refractivity contribution >= 4 is 35.3 Å². The number of ether oxygens (including phenoxy) is 3. The van der Waals surface area contributed by atoms with Gasteiger partial charge in [0.15, 0.2) is 0 Å². The van der Waals surface area contributed by atoms with Gasteiger partial charge in [-0.05, 0) is 126 Å². The third-order valence-electron chi connectivity index (χ3n) is 6.05. The van der Waals surface area contributed by atoms with Crippen molar-refractivity contribution in [2.75, 3.05) is 7.05 Å². The van der Waals surface area contributed by atoms with E-state index in [4.69, 9.17) is 37.4 Å². The van der Waals surface area contributed by atoms with Crippen LogP contribution in [0.3, 0.4) is 0 Å². The maximum atomic E-state index is 12.6. The van der Waals surface area contributed by atoms with Crippen LogP contribution >= 0.6 is 23.2 Å². The third-order valence-corrected chi connectivity index (χ3v) is 6.49. The van der Waals surface area contributed by atoms with Crippen molar-refractivity contribution < 1.29 is 23.8 Å². The minimum atomic E-state index is -0.599. The van der Waals surface area contributed by atoms with Gasteiger partial charge in [-0.15, -0.1) is 0 Å². The zero-order valence-electron chi connectivity index (χ0n) is 26.1. The number of hydrogen-bond acceptors (Lipinski definition) is 6. The molecule has 0 spiro atoms. The molecule has 1 amide bonds. The molecule has 0 saturated carbocycles. The number of halogens is 2. The van der Waals surface area contributed by atoms with E-state index in [2.05, 4.69) is 4.98 Å². The number of hydrogen-bond donors (Lipinski definition) is 0. The Morgan fingerprint density at radius 1 is 0.791 bits per heavy atom. The molecule has 0 atom stereocenters. The summed E-state index contributed by atoms with van der Waals surface area (Å²) in [5.74, 6) is 1.01. The van der Waals surface area contributed by atoms with Gasteiger partial charge in [-0.1, -0.05) is 29.6 Å². The highest BCUT2D eigenvalue weighted by Crippen LogP contribution is 2.33. The van der Waals surface area contributed by atoms with Gasteiger partial charge < -0.3 is 19.1 Å². The highest BCUT2D eigenvalue weighted by Gasteiger charge is 2.20. The van der Waals surface area contributed by atoms with Gasteiger partial charge in [-0.2, -0.15) is 0 Å². The van der Waals surface area contributed by atoms with Crippen molar-refractivity contribution in [1.29, 1.82) is 0 Å². The van der Waals surface area contributed by atoms with E-state index in [-0.39, 0.29) is 5.97 Å². The predicted molar refractivity (Wildman–Crippen MR) is 172 cm³/mol. The number of aromatic nitrogens is 1. The van der Waals surface area contributed by atoms with E-state index in [9.17, 15) is 9.59 Å². The number of aryl methyl sites for hydroxylation is 1. The van der Waals surface area contributed by atoms with Crippen LogP contribution in [-0.4, -0.2) is 40.2 Å². The molecule has 3 aromatic rings. The maximum absolute atomic E-state index is 12.6. The molecule has 1 heterocycles. The minimum Gasteiger partial charge on any atom is -0.460 e. The molecule has 0 fully saturated rings. The van der Waals surface area contributed by atoms with Crippen LogP contribution in [-0.2, 0) is 27.2 Å². The number of amides is 1. The highest BCUT2D eigenvalue weighted by atomic mass is 35.5. The molecule has 0 radical (unpaired) electrons. The van der Waals surface area contributed by atoms with E-state index in [1.54, 1.807) is 19.3 Å². The summed E-state index contributed by atoms with van der Waals surface area (Å²) in [4.78, 5) is 30.6. The molecule has 0 saturated heterocycles. The molecular formula is C34H42Cl2N2O5. The van der Waals surface area contributed by atoms with Gasteiger partial charge >= 0.3 is 12.1 Å². The van der Waals surface area contributed by atoms with Crippen molar-refractivity contribution in [3.05, 3.63) is 76.0 Å². The second-order valence-corrected chi connectivity index (χ2v) is 13.5. The van der Waals surface area contributed by atoms with Gasteiger partial charge in [-0.25, -0.2) is 4.79 Å². The van der Waals surface area contributed by atoms with Crippen LogP contribution in [0.15, 0.2) is 54.7 Å². The Morgan fingerprint density at radius 3 is 2.05 bits per heavy atom. The minimum absolute atomic E-state index is 0.158. The van der Waals surface area contributed by atoms with Crippen molar-refractivity contribution in [2.24, 2.45) is 0 Å². The van der Waals surface area contributed by atoms with Crippen molar-refractivity contribution in [2.45, 2.75) is 91.4 Å². The smallest absolute Gasteiger partial charge is 0.410 e. The number of rotatable bonds is 11.